The van der Waals surface area contributed by atoms with E-state index in [1.165, 1.54) is 23.3 Å². The minimum absolute atomic E-state index is 0.0399. The van der Waals surface area contributed by atoms with E-state index in [-0.39, 0.29) is 24.1 Å². The van der Waals surface area contributed by atoms with Gasteiger partial charge in [-0.15, -0.1) is 0 Å². The van der Waals surface area contributed by atoms with Crippen molar-refractivity contribution < 1.29 is 14.0 Å². The molecule has 0 saturated carbocycles. The van der Waals surface area contributed by atoms with Crippen LogP contribution in [-0.2, 0) is 17.8 Å². The number of H-pyrrole nitrogens is 1. The third-order valence-corrected chi connectivity index (χ3v) is 6.31. The molecular weight excluding hydrogens is 467 g/mol. The number of hydrogen-bond acceptors (Lipinski definition) is 4. The number of carbonyl (C=O) groups is 2. The van der Waals surface area contributed by atoms with Crippen LogP contribution < -0.4 is 10.6 Å². The van der Waals surface area contributed by atoms with Crippen molar-refractivity contribution >= 4 is 28.3 Å². The second-order valence-corrected chi connectivity index (χ2v) is 9.08. The van der Waals surface area contributed by atoms with Crippen molar-refractivity contribution in [2.45, 2.75) is 26.3 Å². The highest BCUT2D eigenvalue weighted by molar-refractivity contribution is 6.23. The Morgan fingerprint density at radius 1 is 1.05 bits per heavy atom. The quantitative estimate of drug-likeness (QED) is 0.321. The maximum Gasteiger partial charge on any atom is 0.253 e. The molecule has 37 heavy (non-hydrogen) atoms. The number of aryl methyl sites for hydroxylation is 1. The van der Waals surface area contributed by atoms with Gasteiger partial charge in [0.1, 0.15) is 17.2 Å². The summed E-state index contributed by atoms with van der Waals surface area (Å²) in [6.45, 7) is 2.99. The molecule has 0 atom stereocenters. The zero-order valence-corrected chi connectivity index (χ0v) is 20.5. The fourth-order valence-electron chi connectivity index (χ4n) is 4.45. The number of benzene rings is 3. The summed E-state index contributed by atoms with van der Waals surface area (Å²) < 4.78 is 13.2. The molecule has 6 nitrogen and oxygen atoms in total. The van der Waals surface area contributed by atoms with Gasteiger partial charge in [-0.3, -0.25) is 9.59 Å². The molecular formula is C30H27FN4O2. The maximum atomic E-state index is 13.2. The summed E-state index contributed by atoms with van der Waals surface area (Å²) >= 11 is 0. The molecule has 1 amide bonds. The van der Waals surface area contributed by atoms with Crippen LogP contribution in [0.5, 0.6) is 0 Å². The molecule has 3 N–H and O–H groups in total. The van der Waals surface area contributed by atoms with E-state index in [9.17, 15) is 14.0 Å². The van der Waals surface area contributed by atoms with Gasteiger partial charge in [-0.1, -0.05) is 54.1 Å². The van der Waals surface area contributed by atoms with Crippen LogP contribution in [0.2, 0.25) is 0 Å². The Balaban J connectivity index is 1.38. The largest absolute Gasteiger partial charge is 0.384 e. The van der Waals surface area contributed by atoms with E-state index in [0.717, 1.165) is 12.0 Å². The number of aromatic nitrogens is 2. The number of fused-ring (bicyclic) bond motifs is 1. The average molecular weight is 495 g/mol. The summed E-state index contributed by atoms with van der Waals surface area (Å²) in [5, 5.41) is 6.26. The number of carbonyl (C=O) groups excluding carboxylic acids is 2. The fraction of sp³-hybridized carbons (Fsp3) is 0.167. The predicted octanol–water partition coefficient (Wildman–Crippen LogP) is 5.01. The Labute approximate surface area is 214 Å². The average Bonchev–Trinajstić information content (AvgIpc) is 3.32. The van der Waals surface area contributed by atoms with Crippen molar-refractivity contribution in [1.82, 2.24) is 20.6 Å². The molecule has 4 aromatic rings. The van der Waals surface area contributed by atoms with E-state index in [1.807, 2.05) is 24.3 Å². The van der Waals surface area contributed by atoms with Gasteiger partial charge in [0.15, 0.2) is 5.78 Å². The van der Waals surface area contributed by atoms with E-state index in [1.54, 1.807) is 24.3 Å². The van der Waals surface area contributed by atoms with Crippen LogP contribution in [-0.4, -0.2) is 28.2 Å². The van der Waals surface area contributed by atoms with Crippen molar-refractivity contribution in [1.29, 1.82) is 0 Å². The van der Waals surface area contributed by atoms with E-state index in [0.29, 0.717) is 46.7 Å². The molecule has 7 heteroatoms. The van der Waals surface area contributed by atoms with Crippen LogP contribution in [0.25, 0.3) is 16.6 Å². The van der Waals surface area contributed by atoms with Gasteiger partial charge in [0.25, 0.3) is 5.91 Å². The predicted molar refractivity (Wildman–Crippen MR) is 142 cm³/mol. The first kappa shape index (κ1) is 24.2. The van der Waals surface area contributed by atoms with Crippen LogP contribution in [0.3, 0.4) is 0 Å². The van der Waals surface area contributed by atoms with E-state index < -0.39 is 0 Å². The summed E-state index contributed by atoms with van der Waals surface area (Å²) in [6, 6.07) is 19.6. The molecule has 1 aromatic heterocycles. The first-order valence-electron chi connectivity index (χ1n) is 12.2. The molecule has 0 unspecified atom stereocenters. The summed E-state index contributed by atoms with van der Waals surface area (Å²) in [6.07, 6.45) is 4.87. The zero-order valence-electron chi connectivity index (χ0n) is 20.5. The van der Waals surface area contributed by atoms with Crippen LogP contribution in [0.1, 0.15) is 39.3 Å². The molecule has 0 radical (unpaired) electrons. The molecule has 0 aliphatic heterocycles. The monoisotopic (exact) mass is 494 g/mol. The molecule has 0 bridgehead atoms. The van der Waals surface area contributed by atoms with Crippen molar-refractivity contribution in [2.75, 3.05) is 6.54 Å². The number of rotatable bonds is 8. The molecule has 5 rings (SSSR count). The highest BCUT2D eigenvalue weighted by Crippen LogP contribution is 2.26. The number of amides is 1. The highest BCUT2D eigenvalue weighted by atomic mass is 19.1. The lowest BCUT2D eigenvalue weighted by Crippen LogP contribution is -2.23. The first-order valence-corrected chi connectivity index (χ1v) is 12.2. The van der Waals surface area contributed by atoms with Gasteiger partial charge >= 0.3 is 0 Å². The van der Waals surface area contributed by atoms with Crippen LogP contribution in [0.15, 0.2) is 84.6 Å². The lowest BCUT2D eigenvalue weighted by molar-refractivity contribution is -0.113. The SMILES string of the molecule is Cc1cccc(CCNC2=C(c3nc4c(C(=O)NCc5ccc(F)cc5)cccc4[nH]3)C(=O)CC=C2)c1. The molecule has 1 aliphatic rings. The maximum absolute atomic E-state index is 13.2. The second kappa shape index (κ2) is 10.6. The number of halogens is 1. The summed E-state index contributed by atoms with van der Waals surface area (Å²) in [4.78, 5) is 33.8. The molecule has 0 spiro atoms. The normalized spacial score (nSPS) is 13.3. The summed E-state index contributed by atoms with van der Waals surface area (Å²) in [5.74, 6) is -0.231. The Hall–Kier alpha value is -4.52. The highest BCUT2D eigenvalue weighted by Gasteiger charge is 2.23. The molecule has 1 heterocycles. The third kappa shape index (κ3) is 5.51. The number of aromatic amines is 1. The number of ketones is 1. The standard InChI is InChI=1S/C30H27FN4O2/c1-19-5-2-6-20(17-19)15-16-32-24-8-4-10-26(36)27(24)29-34-25-9-3-7-23(28(25)35-29)30(37)33-18-21-11-13-22(31)14-12-21/h2-9,11-14,17,32H,10,15-16,18H2,1H3,(H,33,37)(H,34,35). The van der Waals surface area contributed by atoms with E-state index >= 15 is 0 Å². The molecule has 186 valence electrons. The smallest absolute Gasteiger partial charge is 0.253 e. The first-order chi connectivity index (χ1) is 18.0. The Kier molecular flexibility index (Phi) is 6.94. The van der Waals surface area contributed by atoms with Crippen molar-refractivity contribution in [3.05, 3.63) is 118 Å². The Morgan fingerprint density at radius 2 is 1.86 bits per heavy atom. The minimum atomic E-state index is -0.325. The Morgan fingerprint density at radius 3 is 2.68 bits per heavy atom. The lowest BCUT2D eigenvalue weighted by Gasteiger charge is -2.15. The number of Topliss-reactive ketones (excluding diaryl/α,β-unsaturated/α-hetero) is 1. The van der Waals surface area contributed by atoms with Crippen molar-refractivity contribution in [3.63, 3.8) is 0 Å². The number of allylic oxidation sites excluding steroid dienone is 3. The number of imidazole rings is 1. The van der Waals surface area contributed by atoms with Crippen LogP contribution in [0.4, 0.5) is 4.39 Å². The van der Waals surface area contributed by atoms with Crippen LogP contribution >= 0.6 is 0 Å². The van der Waals surface area contributed by atoms with Gasteiger partial charge in [0.2, 0.25) is 0 Å². The van der Waals surface area contributed by atoms with E-state index in [2.05, 4.69) is 45.7 Å². The van der Waals surface area contributed by atoms with Gasteiger partial charge in [-0.25, -0.2) is 9.37 Å². The van der Waals surface area contributed by atoms with Gasteiger partial charge in [-0.2, -0.15) is 0 Å². The molecule has 1 aliphatic carbocycles. The number of nitrogens with zero attached hydrogens (tertiary/aromatic N) is 1. The zero-order chi connectivity index (χ0) is 25.8. The molecule has 3 aromatic carbocycles. The van der Waals surface area contributed by atoms with Crippen LogP contribution in [0, 0.1) is 12.7 Å². The minimum Gasteiger partial charge on any atom is -0.384 e. The van der Waals surface area contributed by atoms with Gasteiger partial charge in [0.05, 0.1) is 16.7 Å². The fourth-order valence-corrected chi connectivity index (χ4v) is 4.45. The molecule has 0 saturated heterocycles. The van der Waals surface area contributed by atoms with E-state index in [4.69, 9.17) is 0 Å². The second-order valence-electron chi connectivity index (χ2n) is 9.08. The third-order valence-electron chi connectivity index (χ3n) is 6.31. The lowest BCUT2D eigenvalue weighted by atomic mass is 9.99. The topological polar surface area (TPSA) is 86.9 Å². The Bertz CT molecular complexity index is 1530. The van der Waals surface area contributed by atoms with Gasteiger partial charge < -0.3 is 15.6 Å². The molecule has 0 fully saturated rings. The number of nitrogens with one attached hydrogen (secondary N) is 3. The van der Waals surface area contributed by atoms with Crippen molar-refractivity contribution in [3.8, 4) is 0 Å². The number of para-hydroxylation sites is 1. The number of hydrogen-bond donors (Lipinski definition) is 3. The van der Waals surface area contributed by atoms with Gasteiger partial charge in [-0.05, 0) is 54.8 Å². The van der Waals surface area contributed by atoms with Gasteiger partial charge in [0, 0.05) is 25.2 Å². The van der Waals surface area contributed by atoms with Crippen molar-refractivity contribution in [2.24, 2.45) is 0 Å². The summed E-state index contributed by atoms with van der Waals surface area (Å²) in [5.41, 5.74) is 5.98. The summed E-state index contributed by atoms with van der Waals surface area (Å²) in [7, 11) is 0.